The van der Waals surface area contributed by atoms with Crippen LogP contribution in [-0.4, -0.2) is 34.2 Å². The highest BCUT2D eigenvalue weighted by Gasteiger charge is 2.60. The predicted molar refractivity (Wildman–Crippen MR) is 99.3 cm³/mol. The average Bonchev–Trinajstić information content (AvgIpc) is 3.28. The van der Waals surface area contributed by atoms with Crippen LogP contribution in [0.1, 0.15) is 29.0 Å². The van der Waals surface area contributed by atoms with E-state index in [0.29, 0.717) is 18.3 Å². The molecule has 2 aromatic rings. The largest absolute Gasteiger partial charge is 0.352 e. The Balaban J connectivity index is 2.05. The summed E-state index contributed by atoms with van der Waals surface area (Å²) in [4.78, 5) is 23.8. The minimum atomic E-state index is -3.47. The second-order valence-electron chi connectivity index (χ2n) is 7.02. The van der Waals surface area contributed by atoms with Crippen molar-refractivity contribution in [2.45, 2.75) is 31.0 Å². The molecule has 8 nitrogen and oxygen atoms in total. The van der Waals surface area contributed by atoms with Crippen molar-refractivity contribution in [2.24, 2.45) is 17.4 Å². The van der Waals surface area contributed by atoms with E-state index in [1.54, 1.807) is 5.32 Å². The fourth-order valence-electron chi connectivity index (χ4n) is 3.41. The molecule has 1 aliphatic rings. The van der Waals surface area contributed by atoms with E-state index in [4.69, 9.17) is 23.1 Å². The molecule has 1 aromatic carbocycles. The van der Waals surface area contributed by atoms with E-state index in [1.165, 1.54) is 0 Å². The second kappa shape index (κ2) is 8.50. The number of hydrogen-bond donors (Lipinski definition) is 4. The number of nitrogens with zero attached hydrogens (tertiary/aromatic N) is 2. The van der Waals surface area contributed by atoms with Gasteiger partial charge in [-0.15, -0.1) is 0 Å². The lowest BCUT2D eigenvalue weighted by atomic mass is 9.83. The highest BCUT2D eigenvalue weighted by Crippen LogP contribution is 2.49. The molecule has 3 amide bonds. The Labute approximate surface area is 180 Å². The van der Waals surface area contributed by atoms with E-state index in [0.717, 1.165) is 0 Å². The number of benzene rings is 1. The summed E-state index contributed by atoms with van der Waals surface area (Å²) in [7, 11) is 0. The Morgan fingerprint density at radius 3 is 2.34 bits per heavy atom. The Morgan fingerprint density at radius 2 is 1.88 bits per heavy atom. The van der Waals surface area contributed by atoms with Crippen molar-refractivity contribution in [1.29, 1.82) is 0 Å². The van der Waals surface area contributed by atoms with Crippen molar-refractivity contribution in [3.63, 3.8) is 0 Å². The average molecular weight is 485 g/mol. The van der Waals surface area contributed by atoms with Gasteiger partial charge in [-0.3, -0.25) is 4.79 Å². The molecule has 0 unspecified atom stereocenters. The first-order chi connectivity index (χ1) is 14.9. The third-order valence-electron chi connectivity index (χ3n) is 4.93. The number of nitrogens with two attached hydrogens (primary N) is 2. The van der Waals surface area contributed by atoms with Gasteiger partial charge in [0.05, 0.1) is 11.2 Å². The van der Waals surface area contributed by atoms with Gasteiger partial charge in [0.1, 0.15) is 5.54 Å². The number of carbonyl (C=O) groups excluding carboxylic acids is 2. The molecule has 1 fully saturated rings. The molecule has 15 heteroatoms. The lowest BCUT2D eigenvalue weighted by Gasteiger charge is -2.35. The number of anilines is 1. The molecule has 1 saturated carbocycles. The first kappa shape index (κ1) is 23.7. The Hall–Kier alpha value is -3.00. The molecule has 32 heavy (non-hydrogen) atoms. The number of halogens is 7. The van der Waals surface area contributed by atoms with Gasteiger partial charge in [-0.2, -0.15) is 13.9 Å². The quantitative estimate of drug-likeness (QED) is 0.450. The van der Waals surface area contributed by atoms with Crippen molar-refractivity contribution in [1.82, 2.24) is 15.1 Å². The Bertz CT molecular complexity index is 1070. The highest BCUT2D eigenvalue weighted by atomic mass is 35.5. The molecule has 174 valence electrons. The molecule has 1 aromatic heterocycles. The van der Waals surface area contributed by atoms with Gasteiger partial charge in [0.2, 0.25) is 0 Å². The van der Waals surface area contributed by atoms with Crippen LogP contribution in [0.2, 0.25) is 5.02 Å². The summed E-state index contributed by atoms with van der Waals surface area (Å²) < 4.78 is 82.8. The van der Waals surface area contributed by atoms with Crippen LogP contribution in [0.15, 0.2) is 18.3 Å². The molecule has 0 radical (unpaired) electrons. The summed E-state index contributed by atoms with van der Waals surface area (Å²) in [6.45, 7) is -3.11. The van der Waals surface area contributed by atoms with Crippen LogP contribution in [0.3, 0.4) is 0 Å². The van der Waals surface area contributed by atoms with Gasteiger partial charge < -0.3 is 22.1 Å². The van der Waals surface area contributed by atoms with E-state index in [2.05, 4.69) is 5.10 Å². The normalized spacial score (nSPS) is 19.7. The number of urea groups is 1. The molecular weight excluding hydrogens is 470 g/mol. The molecule has 3 atom stereocenters. The van der Waals surface area contributed by atoms with Crippen LogP contribution in [0.5, 0.6) is 0 Å². The molecule has 0 aliphatic heterocycles. The summed E-state index contributed by atoms with van der Waals surface area (Å²) in [6, 6.07) is -1.19. The van der Waals surface area contributed by atoms with E-state index in [9.17, 15) is 35.9 Å². The number of nitrogens with one attached hydrogen (secondary N) is 2. The first-order valence-electron chi connectivity index (χ1n) is 8.83. The van der Waals surface area contributed by atoms with Gasteiger partial charge in [0.15, 0.2) is 17.3 Å². The summed E-state index contributed by atoms with van der Waals surface area (Å²) in [6.07, 6.45) is -2.86. The fourth-order valence-corrected chi connectivity index (χ4v) is 3.64. The first-order valence-corrected chi connectivity index (χ1v) is 9.21. The second-order valence-corrected chi connectivity index (χ2v) is 7.43. The van der Waals surface area contributed by atoms with Crippen molar-refractivity contribution in [2.75, 3.05) is 5.32 Å². The number of hydrogen-bond acceptors (Lipinski definition) is 4. The topological polar surface area (TPSA) is 128 Å². The van der Waals surface area contributed by atoms with E-state index in [-0.39, 0.29) is 11.1 Å². The number of alkyl halides is 4. The van der Waals surface area contributed by atoms with Crippen LogP contribution >= 0.6 is 11.6 Å². The third kappa shape index (κ3) is 4.19. The van der Waals surface area contributed by atoms with Gasteiger partial charge in [-0.25, -0.2) is 27.0 Å². The van der Waals surface area contributed by atoms with Crippen molar-refractivity contribution in [3.05, 3.63) is 46.2 Å². The zero-order valence-electron chi connectivity index (χ0n) is 15.8. The fraction of sp³-hybridized carbons (Fsp3) is 0.353. The third-order valence-corrected chi connectivity index (χ3v) is 5.21. The molecule has 6 N–H and O–H groups in total. The zero-order chi connectivity index (χ0) is 24.0. The summed E-state index contributed by atoms with van der Waals surface area (Å²) >= 11 is 5.69. The van der Waals surface area contributed by atoms with Crippen LogP contribution in [0.25, 0.3) is 0 Å². The van der Waals surface area contributed by atoms with Gasteiger partial charge in [-0.05, 0) is 12.5 Å². The van der Waals surface area contributed by atoms with E-state index in [1.807, 2.05) is 5.32 Å². The van der Waals surface area contributed by atoms with Crippen LogP contribution in [0, 0.1) is 17.6 Å². The SMILES string of the molecule is NC(=O)N[C@@](c1cc(NC(=O)c2nn(C(F)F)cc2Cl)cc(F)c1F)(C(F)F)[C@H]1C[C@H]1N. The van der Waals surface area contributed by atoms with Crippen LogP contribution < -0.4 is 22.1 Å². The minimum Gasteiger partial charge on any atom is -0.352 e. The van der Waals surface area contributed by atoms with Crippen LogP contribution in [-0.2, 0) is 5.54 Å². The van der Waals surface area contributed by atoms with Crippen molar-refractivity contribution in [3.8, 4) is 0 Å². The molecule has 0 bridgehead atoms. The molecule has 1 heterocycles. The molecular formula is C17H15ClF6N6O2. The summed E-state index contributed by atoms with van der Waals surface area (Å²) in [5.41, 5.74) is 5.60. The van der Waals surface area contributed by atoms with E-state index >= 15 is 0 Å². The number of carbonyl (C=O) groups is 2. The van der Waals surface area contributed by atoms with Crippen molar-refractivity contribution >= 4 is 29.2 Å². The van der Waals surface area contributed by atoms with Gasteiger partial charge in [-0.1, -0.05) is 11.6 Å². The van der Waals surface area contributed by atoms with Gasteiger partial charge in [0.25, 0.3) is 12.3 Å². The van der Waals surface area contributed by atoms with E-state index < -0.39 is 76.0 Å². The van der Waals surface area contributed by atoms with Gasteiger partial charge >= 0.3 is 12.6 Å². The summed E-state index contributed by atoms with van der Waals surface area (Å²) in [5, 5.41) is 6.60. The smallest absolute Gasteiger partial charge is 0.333 e. The number of aromatic nitrogens is 2. The predicted octanol–water partition coefficient (Wildman–Crippen LogP) is 2.94. The zero-order valence-corrected chi connectivity index (χ0v) is 16.5. The van der Waals surface area contributed by atoms with Gasteiger partial charge in [0, 0.05) is 29.3 Å². The van der Waals surface area contributed by atoms with Crippen LogP contribution in [0.4, 0.5) is 36.8 Å². The number of primary amides is 1. The maximum atomic E-state index is 14.6. The lowest BCUT2D eigenvalue weighted by molar-refractivity contribution is 0.0167. The molecule has 1 aliphatic carbocycles. The maximum Gasteiger partial charge on any atom is 0.333 e. The maximum absolute atomic E-state index is 14.6. The standard InChI is InChI=1S/C17H15ClF6N6O2/c18-8-4-30(15(23)24)29-12(8)13(31)27-5-1-7(11(20)9(19)2-5)17(14(21)22,28-16(26)32)6-3-10(6)25/h1-2,4,6,10,14-15H,3,25H2,(H,27,31)(H3,26,28,32)/t6-,10+,17-/m0/s1. The number of rotatable bonds is 7. The Morgan fingerprint density at radius 1 is 1.25 bits per heavy atom. The molecule has 3 rings (SSSR count). The van der Waals surface area contributed by atoms with Crippen molar-refractivity contribution < 1.29 is 35.9 Å². The monoisotopic (exact) mass is 484 g/mol. The highest BCUT2D eigenvalue weighted by molar-refractivity contribution is 6.34. The Kier molecular flexibility index (Phi) is 6.29. The number of amides is 3. The molecule has 0 saturated heterocycles. The minimum absolute atomic E-state index is 0.0526. The molecule has 0 spiro atoms. The lowest BCUT2D eigenvalue weighted by Crippen LogP contribution is -2.56. The summed E-state index contributed by atoms with van der Waals surface area (Å²) in [5.74, 6) is -5.77.